The van der Waals surface area contributed by atoms with Gasteiger partial charge in [-0.15, -0.1) is 0 Å². The summed E-state index contributed by atoms with van der Waals surface area (Å²) in [6.07, 6.45) is 0. The highest BCUT2D eigenvalue weighted by atomic mass is 16.5. The van der Waals surface area contributed by atoms with Gasteiger partial charge in [0, 0.05) is 17.8 Å². The molecule has 7 heteroatoms. The fourth-order valence-electron chi connectivity index (χ4n) is 4.59. The minimum Gasteiger partial charge on any atom is -0.496 e. The van der Waals surface area contributed by atoms with E-state index in [2.05, 4.69) is 28.5 Å². The number of nitrogen functional groups attached to an aromatic ring is 1. The summed E-state index contributed by atoms with van der Waals surface area (Å²) < 4.78 is 7.35. The van der Waals surface area contributed by atoms with Gasteiger partial charge in [0.1, 0.15) is 22.8 Å². The first-order valence-electron chi connectivity index (χ1n) is 11.6. The maximum atomic E-state index is 13.1. The minimum absolute atomic E-state index is 0.357. The minimum atomic E-state index is -0.357. The van der Waals surface area contributed by atoms with Crippen molar-refractivity contribution in [3.8, 4) is 11.4 Å². The molecule has 0 amide bonds. The van der Waals surface area contributed by atoms with Gasteiger partial charge in [0.2, 0.25) is 0 Å². The summed E-state index contributed by atoms with van der Waals surface area (Å²) in [5.41, 5.74) is 10.2. The van der Waals surface area contributed by atoms with E-state index in [0.29, 0.717) is 40.1 Å². The average Bonchev–Trinajstić information content (AvgIpc) is 3.07. The lowest BCUT2D eigenvalue weighted by atomic mass is 10.1. The number of anilines is 2. The van der Waals surface area contributed by atoms with E-state index in [1.54, 1.807) is 13.2 Å². The molecule has 6 aromatic rings. The van der Waals surface area contributed by atoms with E-state index >= 15 is 0 Å². The molecule has 0 spiro atoms. The zero-order chi connectivity index (χ0) is 24.6. The Kier molecular flexibility index (Phi) is 5.22. The second kappa shape index (κ2) is 8.70. The zero-order valence-corrected chi connectivity index (χ0v) is 19.6. The van der Waals surface area contributed by atoms with Crippen molar-refractivity contribution in [2.75, 3.05) is 18.2 Å². The van der Waals surface area contributed by atoms with Crippen LogP contribution in [0.25, 0.3) is 38.5 Å². The van der Waals surface area contributed by atoms with E-state index in [0.717, 1.165) is 27.8 Å². The van der Waals surface area contributed by atoms with Crippen molar-refractivity contribution in [1.82, 2.24) is 14.5 Å². The standard InChI is InChI=1S/C29H23N5O2/c1-36-24-13-7-4-10-20(24)17-31-25-26-28(32-23-12-6-5-11-22(23)29(35)33-26)34(27(25)30)21-15-14-18-8-2-3-9-19(18)16-21/h2-16,31H,17,30H2,1H3. The number of para-hydroxylation sites is 2. The normalized spacial score (nSPS) is 11.2. The lowest BCUT2D eigenvalue weighted by Crippen LogP contribution is -2.07. The fourth-order valence-corrected chi connectivity index (χ4v) is 4.59. The summed E-state index contributed by atoms with van der Waals surface area (Å²) in [4.78, 5) is 22.5. The fraction of sp³-hybridized carbons (Fsp3) is 0.0690. The van der Waals surface area contributed by atoms with E-state index < -0.39 is 0 Å². The maximum absolute atomic E-state index is 13.1. The van der Waals surface area contributed by atoms with Gasteiger partial charge in [0.25, 0.3) is 5.56 Å². The van der Waals surface area contributed by atoms with Crippen molar-refractivity contribution < 1.29 is 4.74 Å². The van der Waals surface area contributed by atoms with Crippen molar-refractivity contribution >= 4 is 44.3 Å². The van der Waals surface area contributed by atoms with Gasteiger partial charge in [-0.25, -0.2) is 9.97 Å². The summed E-state index contributed by atoms with van der Waals surface area (Å²) in [5, 5.41) is 6.05. The third kappa shape index (κ3) is 3.58. The molecule has 0 saturated heterocycles. The molecule has 0 aliphatic heterocycles. The lowest BCUT2D eigenvalue weighted by Gasteiger charge is -2.12. The van der Waals surface area contributed by atoms with Gasteiger partial charge in [-0.1, -0.05) is 60.7 Å². The van der Waals surface area contributed by atoms with Gasteiger partial charge in [0.15, 0.2) is 5.65 Å². The van der Waals surface area contributed by atoms with Gasteiger partial charge < -0.3 is 15.8 Å². The van der Waals surface area contributed by atoms with Gasteiger partial charge in [-0.2, -0.15) is 0 Å². The summed E-state index contributed by atoms with van der Waals surface area (Å²) >= 11 is 0. The third-order valence-electron chi connectivity index (χ3n) is 6.37. The molecule has 0 fully saturated rings. The Bertz CT molecular complexity index is 1830. The monoisotopic (exact) mass is 473 g/mol. The van der Waals surface area contributed by atoms with Crippen LogP contribution in [-0.2, 0) is 6.54 Å². The second-order valence-electron chi connectivity index (χ2n) is 8.51. The second-order valence-corrected chi connectivity index (χ2v) is 8.51. The van der Waals surface area contributed by atoms with Gasteiger partial charge in [-0.05, 0) is 41.1 Å². The molecule has 0 atom stereocenters. The number of fused-ring (bicyclic) bond motifs is 3. The third-order valence-corrected chi connectivity index (χ3v) is 6.37. The highest BCUT2D eigenvalue weighted by molar-refractivity contribution is 5.99. The van der Waals surface area contributed by atoms with Crippen LogP contribution in [0.5, 0.6) is 5.75 Å². The Labute approximate surface area is 206 Å². The van der Waals surface area contributed by atoms with Gasteiger partial charge in [0.05, 0.1) is 18.0 Å². The van der Waals surface area contributed by atoms with Crippen LogP contribution in [0.1, 0.15) is 5.56 Å². The van der Waals surface area contributed by atoms with E-state index in [4.69, 9.17) is 15.5 Å². The molecular weight excluding hydrogens is 450 g/mol. The number of methoxy groups -OCH3 is 1. The summed E-state index contributed by atoms with van der Waals surface area (Å²) in [5.74, 6) is 1.18. The maximum Gasteiger partial charge on any atom is 0.279 e. The Morgan fingerprint density at radius 2 is 1.64 bits per heavy atom. The smallest absolute Gasteiger partial charge is 0.279 e. The van der Waals surface area contributed by atoms with Gasteiger partial charge >= 0.3 is 0 Å². The first kappa shape index (κ1) is 21.6. The summed E-state index contributed by atoms with van der Waals surface area (Å²) in [7, 11) is 1.64. The molecule has 3 N–H and O–H groups in total. The van der Waals surface area contributed by atoms with Crippen LogP contribution in [-0.4, -0.2) is 21.6 Å². The predicted molar refractivity (Wildman–Crippen MR) is 145 cm³/mol. The molecule has 2 aromatic heterocycles. The molecule has 36 heavy (non-hydrogen) atoms. The largest absolute Gasteiger partial charge is 0.496 e. The molecule has 7 nitrogen and oxygen atoms in total. The van der Waals surface area contributed by atoms with E-state index in [-0.39, 0.29) is 5.56 Å². The molecule has 0 radical (unpaired) electrons. The molecule has 0 unspecified atom stereocenters. The Balaban J connectivity index is 1.61. The van der Waals surface area contributed by atoms with Crippen LogP contribution in [0.3, 0.4) is 0 Å². The number of benzene rings is 4. The van der Waals surface area contributed by atoms with Crippen LogP contribution in [0.2, 0.25) is 0 Å². The molecule has 0 bridgehead atoms. The quantitative estimate of drug-likeness (QED) is 0.353. The number of nitrogens with one attached hydrogen (secondary N) is 1. The summed E-state index contributed by atoms with van der Waals surface area (Å²) in [6, 6.07) is 29.2. The molecule has 176 valence electrons. The van der Waals surface area contributed by atoms with Crippen LogP contribution < -0.4 is 21.3 Å². The number of hydrogen-bond donors (Lipinski definition) is 2. The van der Waals surface area contributed by atoms with Crippen LogP contribution in [0.4, 0.5) is 11.5 Å². The highest BCUT2D eigenvalue weighted by Gasteiger charge is 2.20. The molecule has 0 saturated carbocycles. The number of ether oxygens (including phenoxy) is 1. The SMILES string of the molecule is COc1ccccc1CNc1c(N)n(-c2ccc3ccccc3c2)c2nc3ccccc3c(=O)nc12. The molecule has 6 rings (SSSR count). The topological polar surface area (TPSA) is 95.1 Å². The molecule has 2 heterocycles. The number of aromatic nitrogens is 3. The van der Waals surface area contributed by atoms with E-state index in [9.17, 15) is 4.79 Å². The van der Waals surface area contributed by atoms with Crippen LogP contribution in [0, 0.1) is 0 Å². The molecule has 0 aliphatic carbocycles. The number of hydrogen-bond acceptors (Lipinski definition) is 6. The molecule has 4 aromatic carbocycles. The van der Waals surface area contributed by atoms with Crippen molar-refractivity contribution in [3.05, 3.63) is 107 Å². The number of rotatable bonds is 5. The number of nitrogens with zero attached hydrogens (tertiary/aromatic N) is 3. The highest BCUT2D eigenvalue weighted by Crippen LogP contribution is 2.35. The Hall–Kier alpha value is -4.91. The van der Waals surface area contributed by atoms with E-state index in [1.807, 2.05) is 71.3 Å². The summed E-state index contributed by atoms with van der Waals surface area (Å²) in [6.45, 7) is 0.430. The molecule has 0 aliphatic rings. The van der Waals surface area contributed by atoms with Crippen molar-refractivity contribution in [1.29, 1.82) is 0 Å². The Morgan fingerprint density at radius 1 is 0.889 bits per heavy atom. The van der Waals surface area contributed by atoms with Crippen LogP contribution >= 0.6 is 0 Å². The number of nitrogens with two attached hydrogens (primary N) is 1. The lowest BCUT2D eigenvalue weighted by molar-refractivity contribution is 0.410. The average molecular weight is 474 g/mol. The van der Waals surface area contributed by atoms with Gasteiger partial charge in [-0.3, -0.25) is 9.36 Å². The first-order valence-corrected chi connectivity index (χ1v) is 11.6. The van der Waals surface area contributed by atoms with E-state index in [1.165, 1.54) is 0 Å². The zero-order valence-electron chi connectivity index (χ0n) is 19.6. The molecular formula is C29H23N5O2. The van der Waals surface area contributed by atoms with Crippen molar-refractivity contribution in [3.63, 3.8) is 0 Å². The van der Waals surface area contributed by atoms with Crippen molar-refractivity contribution in [2.24, 2.45) is 0 Å². The van der Waals surface area contributed by atoms with Crippen LogP contribution in [0.15, 0.2) is 95.8 Å². The Morgan fingerprint density at radius 3 is 2.50 bits per heavy atom. The first-order chi connectivity index (χ1) is 17.6. The van der Waals surface area contributed by atoms with Crippen molar-refractivity contribution in [2.45, 2.75) is 6.54 Å². The predicted octanol–water partition coefficient (Wildman–Crippen LogP) is 5.29.